The van der Waals surface area contributed by atoms with Gasteiger partial charge in [-0.25, -0.2) is 0 Å². The zero-order valence-corrected chi connectivity index (χ0v) is 14.9. The number of carbonyl (C=O) groups is 1. The molecule has 0 radical (unpaired) electrons. The standard InChI is InChI=1S/C20H30O3/c1-13(2)15-12-19(22)9-6-17-18(3,4)7-5-8-20(17,23)11-14(19)10-16(15)21/h10,12-13,17,22-23H,5-9,11H2,1-4H3/t17-,19+,20-/m0/s1. The molecule has 0 aromatic carbocycles. The van der Waals surface area contributed by atoms with E-state index < -0.39 is 11.2 Å². The predicted octanol–water partition coefficient (Wildman–Crippen LogP) is 3.55. The molecule has 2 fully saturated rings. The lowest BCUT2D eigenvalue weighted by molar-refractivity contribution is -0.112. The van der Waals surface area contributed by atoms with Crippen LogP contribution in [-0.4, -0.2) is 27.2 Å². The fraction of sp³-hybridized carbons (Fsp3) is 0.750. The third-order valence-corrected chi connectivity index (χ3v) is 6.50. The summed E-state index contributed by atoms with van der Waals surface area (Å²) < 4.78 is 0. The van der Waals surface area contributed by atoms with Gasteiger partial charge in [-0.15, -0.1) is 0 Å². The lowest BCUT2D eigenvalue weighted by Gasteiger charge is -2.49. The SMILES string of the molecule is CC(C)C1=C[C@]2(O)CC[C@H]3C(C)(C)CCC[C@]3(O)CC2=CC1=O. The molecule has 0 bridgehead atoms. The number of ketones is 1. The van der Waals surface area contributed by atoms with Gasteiger partial charge < -0.3 is 10.2 Å². The van der Waals surface area contributed by atoms with Crippen LogP contribution in [0, 0.1) is 17.3 Å². The molecule has 0 amide bonds. The molecule has 3 aliphatic carbocycles. The van der Waals surface area contributed by atoms with Gasteiger partial charge in [0.25, 0.3) is 0 Å². The Balaban J connectivity index is 2.02. The third-order valence-electron chi connectivity index (χ3n) is 6.50. The second-order valence-corrected chi connectivity index (χ2v) is 8.93. The molecular formula is C20H30O3. The van der Waals surface area contributed by atoms with E-state index in [0.29, 0.717) is 18.4 Å². The first-order valence-corrected chi connectivity index (χ1v) is 9.00. The average molecular weight is 318 g/mol. The molecule has 0 heterocycles. The van der Waals surface area contributed by atoms with Crippen LogP contribution in [0.15, 0.2) is 23.3 Å². The van der Waals surface area contributed by atoms with Crippen molar-refractivity contribution in [2.24, 2.45) is 17.3 Å². The highest BCUT2D eigenvalue weighted by atomic mass is 16.3. The van der Waals surface area contributed by atoms with Gasteiger partial charge in [-0.05, 0) is 60.7 Å². The van der Waals surface area contributed by atoms with E-state index in [1.54, 1.807) is 12.2 Å². The summed E-state index contributed by atoms with van der Waals surface area (Å²) in [4.78, 5) is 12.4. The number of carbonyl (C=O) groups excluding carboxylic acids is 1. The lowest BCUT2D eigenvalue weighted by atomic mass is 9.59. The highest BCUT2D eigenvalue weighted by Gasteiger charge is 2.53. The Morgan fingerprint density at radius 1 is 1.17 bits per heavy atom. The number of aliphatic hydroxyl groups is 2. The van der Waals surface area contributed by atoms with E-state index in [4.69, 9.17) is 0 Å². The van der Waals surface area contributed by atoms with Crippen molar-refractivity contribution in [3.05, 3.63) is 23.3 Å². The molecule has 2 N–H and O–H groups in total. The maximum atomic E-state index is 12.4. The van der Waals surface area contributed by atoms with Gasteiger partial charge >= 0.3 is 0 Å². The fourth-order valence-electron chi connectivity index (χ4n) is 5.17. The van der Waals surface area contributed by atoms with Crippen molar-refractivity contribution in [3.8, 4) is 0 Å². The lowest BCUT2D eigenvalue weighted by Crippen LogP contribution is -2.48. The molecule has 0 spiro atoms. The van der Waals surface area contributed by atoms with Gasteiger partial charge in [-0.3, -0.25) is 4.79 Å². The molecule has 0 aliphatic heterocycles. The van der Waals surface area contributed by atoms with Crippen LogP contribution in [0.3, 0.4) is 0 Å². The van der Waals surface area contributed by atoms with Crippen LogP contribution in [0.4, 0.5) is 0 Å². The first-order chi connectivity index (χ1) is 10.6. The number of rotatable bonds is 1. The summed E-state index contributed by atoms with van der Waals surface area (Å²) >= 11 is 0. The van der Waals surface area contributed by atoms with Crippen molar-refractivity contribution in [1.29, 1.82) is 0 Å². The second kappa shape index (κ2) is 5.29. The third kappa shape index (κ3) is 2.72. The minimum atomic E-state index is -1.06. The Morgan fingerprint density at radius 2 is 1.87 bits per heavy atom. The van der Waals surface area contributed by atoms with Gasteiger partial charge in [-0.2, -0.15) is 0 Å². The van der Waals surface area contributed by atoms with Crippen LogP contribution in [0.5, 0.6) is 0 Å². The van der Waals surface area contributed by atoms with E-state index in [-0.39, 0.29) is 23.0 Å². The second-order valence-electron chi connectivity index (χ2n) is 8.93. The van der Waals surface area contributed by atoms with Gasteiger partial charge in [-0.1, -0.05) is 34.1 Å². The number of hydrogen-bond donors (Lipinski definition) is 2. The van der Waals surface area contributed by atoms with Gasteiger partial charge in [0.1, 0.15) is 5.60 Å². The molecule has 0 saturated heterocycles. The molecule has 0 aromatic rings. The summed E-state index contributed by atoms with van der Waals surface area (Å²) in [5.41, 5.74) is -0.355. The van der Waals surface area contributed by atoms with Crippen LogP contribution in [0.25, 0.3) is 0 Å². The summed E-state index contributed by atoms with van der Waals surface area (Å²) in [6, 6.07) is 0. The molecule has 3 aliphatic rings. The van der Waals surface area contributed by atoms with E-state index >= 15 is 0 Å². The molecule has 3 rings (SSSR count). The molecule has 2 saturated carbocycles. The predicted molar refractivity (Wildman–Crippen MR) is 90.9 cm³/mol. The van der Waals surface area contributed by atoms with Crippen LogP contribution >= 0.6 is 0 Å². The first-order valence-electron chi connectivity index (χ1n) is 9.00. The van der Waals surface area contributed by atoms with E-state index in [9.17, 15) is 15.0 Å². The Hall–Kier alpha value is -0.930. The quantitative estimate of drug-likeness (QED) is 0.777. The van der Waals surface area contributed by atoms with E-state index in [2.05, 4.69) is 13.8 Å². The Kier molecular flexibility index (Phi) is 3.89. The maximum Gasteiger partial charge on any atom is 0.181 e. The normalized spacial score (nSPS) is 40.0. The number of fused-ring (bicyclic) bond motifs is 2. The largest absolute Gasteiger partial charge is 0.389 e. The first kappa shape index (κ1) is 16.9. The topological polar surface area (TPSA) is 57.5 Å². The Morgan fingerprint density at radius 3 is 2.52 bits per heavy atom. The molecule has 128 valence electrons. The van der Waals surface area contributed by atoms with Crippen LogP contribution < -0.4 is 0 Å². The summed E-state index contributed by atoms with van der Waals surface area (Å²) in [5.74, 6) is 0.274. The van der Waals surface area contributed by atoms with E-state index in [1.807, 2.05) is 13.8 Å². The van der Waals surface area contributed by atoms with Gasteiger partial charge in [0.2, 0.25) is 0 Å². The smallest absolute Gasteiger partial charge is 0.181 e. The molecule has 0 unspecified atom stereocenters. The number of hydrogen-bond acceptors (Lipinski definition) is 3. The summed E-state index contributed by atoms with van der Waals surface area (Å²) in [6.07, 6.45) is 8.09. The highest BCUT2D eigenvalue weighted by molar-refractivity contribution is 6.06. The Bertz CT molecular complexity index is 584. The van der Waals surface area contributed by atoms with Crippen LogP contribution in [-0.2, 0) is 4.79 Å². The van der Waals surface area contributed by atoms with Crippen molar-refractivity contribution >= 4 is 5.78 Å². The molecule has 3 atom stereocenters. The summed E-state index contributed by atoms with van der Waals surface area (Å²) in [7, 11) is 0. The zero-order chi connectivity index (χ0) is 17.0. The van der Waals surface area contributed by atoms with Crippen molar-refractivity contribution in [1.82, 2.24) is 0 Å². The van der Waals surface area contributed by atoms with E-state index in [1.165, 1.54) is 0 Å². The molecule has 3 nitrogen and oxygen atoms in total. The molecule has 0 aromatic heterocycles. The summed E-state index contributed by atoms with van der Waals surface area (Å²) in [6.45, 7) is 8.43. The minimum Gasteiger partial charge on any atom is -0.389 e. The fourth-order valence-corrected chi connectivity index (χ4v) is 5.17. The minimum absolute atomic E-state index is 0.00297. The van der Waals surface area contributed by atoms with Crippen molar-refractivity contribution < 1.29 is 15.0 Å². The molecule has 3 heteroatoms. The van der Waals surface area contributed by atoms with E-state index in [0.717, 1.165) is 31.3 Å². The maximum absolute atomic E-state index is 12.4. The molecular weight excluding hydrogens is 288 g/mol. The van der Waals surface area contributed by atoms with Crippen LogP contribution in [0.1, 0.15) is 66.2 Å². The van der Waals surface area contributed by atoms with Crippen molar-refractivity contribution in [2.45, 2.75) is 77.4 Å². The van der Waals surface area contributed by atoms with Gasteiger partial charge in [0.05, 0.1) is 5.60 Å². The van der Waals surface area contributed by atoms with Crippen LogP contribution in [0.2, 0.25) is 0 Å². The molecule has 23 heavy (non-hydrogen) atoms. The van der Waals surface area contributed by atoms with Gasteiger partial charge in [0.15, 0.2) is 5.78 Å². The number of allylic oxidation sites excluding steroid dienone is 2. The summed E-state index contributed by atoms with van der Waals surface area (Å²) in [5, 5.41) is 22.6. The Labute approximate surface area is 139 Å². The monoisotopic (exact) mass is 318 g/mol. The average Bonchev–Trinajstić information content (AvgIpc) is 2.52. The van der Waals surface area contributed by atoms with Crippen molar-refractivity contribution in [2.75, 3.05) is 0 Å². The highest BCUT2D eigenvalue weighted by Crippen LogP contribution is 2.55. The zero-order valence-electron chi connectivity index (χ0n) is 14.9. The van der Waals surface area contributed by atoms with Gasteiger partial charge in [0, 0.05) is 12.0 Å². The van der Waals surface area contributed by atoms with Crippen molar-refractivity contribution in [3.63, 3.8) is 0 Å².